The van der Waals surface area contributed by atoms with E-state index in [1.807, 2.05) is 24.2 Å². The SMILES string of the molecule is CCCS(=O)(=O)Nc1nccnc1N1CCN(C(=O)c2cccn2C)CC1. The molecule has 10 heteroatoms. The van der Waals surface area contributed by atoms with Gasteiger partial charge in [0.1, 0.15) is 5.69 Å². The topological polar surface area (TPSA) is 100 Å². The van der Waals surface area contributed by atoms with Crippen LogP contribution in [0.3, 0.4) is 0 Å². The molecule has 3 heterocycles. The van der Waals surface area contributed by atoms with Gasteiger partial charge >= 0.3 is 0 Å². The number of aromatic nitrogens is 3. The van der Waals surface area contributed by atoms with E-state index < -0.39 is 10.0 Å². The van der Waals surface area contributed by atoms with E-state index in [1.165, 1.54) is 12.4 Å². The van der Waals surface area contributed by atoms with Crippen molar-refractivity contribution in [1.29, 1.82) is 0 Å². The minimum atomic E-state index is -3.45. The number of anilines is 2. The van der Waals surface area contributed by atoms with E-state index in [4.69, 9.17) is 0 Å². The molecule has 0 atom stereocenters. The number of carbonyl (C=O) groups is 1. The molecule has 1 N–H and O–H groups in total. The Balaban J connectivity index is 1.70. The van der Waals surface area contributed by atoms with Crippen LogP contribution >= 0.6 is 0 Å². The van der Waals surface area contributed by atoms with Crippen LogP contribution in [0, 0.1) is 0 Å². The van der Waals surface area contributed by atoms with E-state index in [1.54, 1.807) is 22.5 Å². The molecule has 0 spiro atoms. The van der Waals surface area contributed by atoms with Gasteiger partial charge in [0, 0.05) is 51.8 Å². The van der Waals surface area contributed by atoms with Gasteiger partial charge in [-0.3, -0.25) is 9.52 Å². The van der Waals surface area contributed by atoms with Crippen molar-refractivity contribution < 1.29 is 13.2 Å². The lowest BCUT2D eigenvalue weighted by molar-refractivity contribution is 0.0737. The third kappa shape index (κ3) is 4.38. The summed E-state index contributed by atoms with van der Waals surface area (Å²) in [5, 5.41) is 0. The molecule has 2 aromatic heterocycles. The lowest BCUT2D eigenvalue weighted by Gasteiger charge is -2.35. The zero-order valence-electron chi connectivity index (χ0n) is 15.5. The third-order valence-electron chi connectivity index (χ3n) is 4.43. The molecule has 9 nitrogen and oxygen atoms in total. The molecule has 2 aromatic rings. The van der Waals surface area contributed by atoms with Crippen molar-refractivity contribution in [2.24, 2.45) is 7.05 Å². The molecule has 27 heavy (non-hydrogen) atoms. The fourth-order valence-electron chi connectivity index (χ4n) is 3.07. The summed E-state index contributed by atoms with van der Waals surface area (Å²) in [4.78, 5) is 24.8. The minimum absolute atomic E-state index is 0.00910. The predicted octanol–water partition coefficient (Wildman–Crippen LogP) is 0.929. The van der Waals surface area contributed by atoms with Crippen LogP contribution in [-0.2, 0) is 17.1 Å². The molecule has 0 unspecified atom stereocenters. The number of rotatable bonds is 6. The second kappa shape index (κ2) is 7.95. The van der Waals surface area contributed by atoms with Gasteiger partial charge in [-0.25, -0.2) is 18.4 Å². The number of aryl methyl sites for hydroxylation is 1. The first kappa shape index (κ1) is 19.2. The lowest BCUT2D eigenvalue weighted by atomic mass is 10.2. The highest BCUT2D eigenvalue weighted by atomic mass is 32.2. The molecule has 0 bridgehead atoms. The number of piperazine rings is 1. The first-order chi connectivity index (χ1) is 12.9. The highest BCUT2D eigenvalue weighted by Crippen LogP contribution is 2.23. The summed E-state index contributed by atoms with van der Waals surface area (Å²) in [6, 6.07) is 3.65. The first-order valence-corrected chi connectivity index (χ1v) is 10.5. The van der Waals surface area contributed by atoms with Gasteiger partial charge in [0.05, 0.1) is 5.75 Å². The van der Waals surface area contributed by atoms with Gasteiger partial charge in [-0.15, -0.1) is 0 Å². The molecule has 1 aliphatic rings. The quantitative estimate of drug-likeness (QED) is 0.785. The monoisotopic (exact) mass is 392 g/mol. The van der Waals surface area contributed by atoms with Crippen LogP contribution in [-0.4, -0.2) is 65.7 Å². The van der Waals surface area contributed by atoms with Crippen molar-refractivity contribution in [1.82, 2.24) is 19.4 Å². The maximum Gasteiger partial charge on any atom is 0.270 e. The molecule has 3 rings (SSSR count). The third-order valence-corrected chi connectivity index (χ3v) is 5.88. The Labute approximate surface area is 159 Å². The van der Waals surface area contributed by atoms with Crippen molar-refractivity contribution in [2.75, 3.05) is 41.6 Å². The highest BCUT2D eigenvalue weighted by molar-refractivity contribution is 7.92. The Bertz CT molecular complexity index is 903. The summed E-state index contributed by atoms with van der Waals surface area (Å²) in [6.45, 7) is 3.97. The zero-order chi connectivity index (χ0) is 19.4. The number of nitrogens with one attached hydrogen (secondary N) is 1. The van der Waals surface area contributed by atoms with Crippen LogP contribution in [0.25, 0.3) is 0 Å². The van der Waals surface area contributed by atoms with Crippen LogP contribution in [0.15, 0.2) is 30.7 Å². The summed E-state index contributed by atoms with van der Waals surface area (Å²) in [5.41, 5.74) is 0.649. The van der Waals surface area contributed by atoms with E-state index in [2.05, 4.69) is 14.7 Å². The summed E-state index contributed by atoms with van der Waals surface area (Å²) >= 11 is 0. The number of hydrogen-bond donors (Lipinski definition) is 1. The highest BCUT2D eigenvalue weighted by Gasteiger charge is 2.26. The maximum absolute atomic E-state index is 12.6. The molecule has 1 fully saturated rings. The smallest absolute Gasteiger partial charge is 0.270 e. The van der Waals surface area contributed by atoms with Crippen LogP contribution in [0.1, 0.15) is 23.8 Å². The van der Waals surface area contributed by atoms with Gasteiger partial charge < -0.3 is 14.4 Å². The Morgan fingerprint density at radius 2 is 1.89 bits per heavy atom. The van der Waals surface area contributed by atoms with Crippen molar-refractivity contribution >= 4 is 27.6 Å². The first-order valence-electron chi connectivity index (χ1n) is 8.88. The Morgan fingerprint density at radius 1 is 1.19 bits per heavy atom. The van der Waals surface area contributed by atoms with E-state index in [0.29, 0.717) is 44.1 Å². The van der Waals surface area contributed by atoms with Gasteiger partial charge in [0.2, 0.25) is 10.0 Å². The van der Waals surface area contributed by atoms with Gasteiger partial charge in [-0.05, 0) is 18.6 Å². The fourth-order valence-corrected chi connectivity index (χ4v) is 4.15. The number of sulfonamides is 1. The predicted molar refractivity (Wildman–Crippen MR) is 103 cm³/mol. The number of amides is 1. The van der Waals surface area contributed by atoms with Crippen molar-refractivity contribution in [3.05, 3.63) is 36.4 Å². The molecule has 0 aliphatic carbocycles. The Morgan fingerprint density at radius 3 is 2.52 bits per heavy atom. The van der Waals surface area contributed by atoms with Gasteiger partial charge in [0.25, 0.3) is 5.91 Å². The van der Waals surface area contributed by atoms with E-state index in [-0.39, 0.29) is 17.5 Å². The largest absolute Gasteiger partial charge is 0.350 e. The molecule has 0 saturated carbocycles. The van der Waals surface area contributed by atoms with Crippen molar-refractivity contribution in [2.45, 2.75) is 13.3 Å². The Hall–Kier alpha value is -2.62. The summed E-state index contributed by atoms with van der Waals surface area (Å²) in [5.74, 6) is 0.739. The second-order valence-electron chi connectivity index (χ2n) is 6.43. The number of carbonyl (C=O) groups excluding carboxylic acids is 1. The van der Waals surface area contributed by atoms with E-state index in [9.17, 15) is 13.2 Å². The van der Waals surface area contributed by atoms with Crippen LogP contribution in [0.2, 0.25) is 0 Å². The Kier molecular flexibility index (Phi) is 5.64. The summed E-state index contributed by atoms with van der Waals surface area (Å²) in [7, 11) is -1.61. The molecule has 146 valence electrons. The normalized spacial score (nSPS) is 15.0. The summed E-state index contributed by atoms with van der Waals surface area (Å²) < 4.78 is 28.5. The van der Waals surface area contributed by atoms with E-state index in [0.717, 1.165) is 0 Å². The standard InChI is InChI=1S/C17H24N6O3S/c1-3-13-27(25,26)20-15-16(19-7-6-18-15)22-9-11-23(12-10-22)17(24)14-5-4-8-21(14)2/h4-8H,3,9-13H2,1-2H3,(H,18,20). The average molecular weight is 392 g/mol. The molecule has 1 amide bonds. The van der Waals surface area contributed by atoms with Crippen LogP contribution in [0.4, 0.5) is 11.6 Å². The van der Waals surface area contributed by atoms with Gasteiger partial charge in [-0.2, -0.15) is 0 Å². The van der Waals surface area contributed by atoms with Gasteiger partial charge in [0.15, 0.2) is 11.6 Å². The molecule has 0 radical (unpaired) electrons. The zero-order valence-corrected chi connectivity index (χ0v) is 16.3. The number of nitrogens with zero attached hydrogens (tertiary/aromatic N) is 5. The number of hydrogen-bond acceptors (Lipinski definition) is 6. The van der Waals surface area contributed by atoms with E-state index >= 15 is 0 Å². The van der Waals surface area contributed by atoms with Crippen LogP contribution < -0.4 is 9.62 Å². The lowest BCUT2D eigenvalue weighted by Crippen LogP contribution is -2.49. The summed E-state index contributed by atoms with van der Waals surface area (Å²) in [6.07, 6.45) is 5.36. The molecule has 1 aliphatic heterocycles. The second-order valence-corrected chi connectivity index (χ2v) is 8.27. The average Bonchev–Trinajstić information content (AvgIpc) is 3.07. The molecular formula is C17H24N6O3S. The fraction of sp³-hybridized carbons (Fsp3) is 0.471. The van der Waals surface area contributed by atoms with Gasteiger partial charge in [-0.1, -0.05) is 6.92 Å². The molecular weight excluding hydrogens is 368 g/mol. The van der Waals surface area contributed by atoms with Crippen molar-refractivity contribution in [3.63, 3.8) is 0 Å². The maximum atomic E-state index is 12.6. The van der Waals surface area contributed by atoms with Crippen LogP contribution in [0.5, 0.6) is 0 Å². The van der Waals surface area contributed by atoms with Crippen molar-refractivity contribution in [3.8, 4) is 0 Å². The molecule has 0 aromatic carbocycles. The minimum Gasteiger partial charge on any atom is -0.350 e. The molecule has 1 saturated heterocycles.